The molecule has 0 heterocycles. The molecule has 4 aliphatic carbocycles. The van der Waals surface area contributed by atoms with E-state index in [2.05, 4.69) is 26.5 Å². The maximum absolute atomic E-state index is 10.0. The van der Waals surface area contributed by atoms with Crippen LogP contribution in [0.2, 0.25) is 0 Å². The summed E-state index contributed by atoms with van der Waals surface area (Å²) < 4.78 is 0. The first-order chi connectivity index (χ1) is 9.95. The predicted molar refractivity (Wildman–Crippen MR) is 86.8 cm³/mol. The fourth-order valence-electron chi connectivity index (χ4n) is 6.55. The summed E-state index contributed by atoms with van der Waals surface area (Å²) in [5.74, 6) is 2.59. The molecule has 1 heteroatoms. The van der Waals surface area contributed by atoms with Gasteiger partial charge in [-0.05, 0) is 80.0 Å². The lowest BCUT2D eigenvalue weighted by molar-refractivity contribution is -0.0267. The van der Waals surface area contributed by atoms with Crippen molar-refractivity contribution in [2.75, 3.05) is 0 Å². The highest BCUT2D eigenvalue weighted by Gasteiger charge is 2.56. The molecule has 116 valence electrons. The minimum atomic E-state index is -0.0824. The Morgan fingerprint density at radius 1 is 1.10 bits per heavy atom. The summed E-state index contributed by atoms with van der Waals surface area (Å²) in [5.41, 5.74) is 3.93. The zero-order valence-electron chi connectivity index (χ0n) is 13.7. The number of hydrogen-bond acceptors (Lipinski definition) is 1. The van der Waals surface area contributed by atoms with Crippen molar-refractivity contribution < 1.29 is 5.11 Å². The summed E-state index contributed by atoms with van der Waals surface area (Å²) in [4.78, 5) is 0. The normalized spacial score (nSPS) is 52.7. The maximum Gasteiger partial charge on any atom is 0.0577 e. The zero-order valence-corrected chi connectivity index (χ0v) is 13.7. The summed E-state index contributed by atoms with van der Waals surface area (Å²) in [6.45, 7) is 9.41. The van der Waals surface area contributed by atoms with Crippen LogP contribution >= 0.6 is 0 Å². The molecule has 0 radical (unpaired) electrons. The van der Waals surface area contributed by atoms with E-state index in [1.54, 1.807) is 5.57 Å². The third-order valence-electron chi connectivity index (χ3n) is 8.03. The lowest BCUT2D eigenvalue weighted by atomic mass is 9.48. The highest BCUT2D eigenvalue weighted by atomic mass is 16.3. The molecule has 21 heavy (non-hydrogen) atoms. The average Bonchev–Trinajstić information content (AvgIpc) is 2.76. The van der Waals surface area contributed by atoms with Gasteiger partial charge in [0.05, 0.1) is 6.10 Å². The number of aliphatic hydroxyl groups excluding tert-OH is 1. The Balaban J connectivity index is 1.69. The summed E-state index contributed by atoms with van der Waals surface area (Å²) in [6.07, 6.45) is 12.2. The Kier molecular flexibility index (Phi) is 2.99. The maximum atomic E-state index is 10.0. The van der Waals surface area contributed by atoms with Crippen LogP contribution in [0.5, 0.6) is 0 Å². The number of allylic oxidation sites excluding steroid dienone is 2. The predicted octanol–water partition coefficient (Wildman–Crippen LogP) is 4.87. The Hall–Kier alpha value is -0.560. The number of hydrogen-bond donors (Lipinski definition) is 1. The number of rotatable bonds is 0. The molecule has 0 bridgehead atoms. The van der Waals surface area contributed by atoms with Crippen molar-refractivity contribution in [2.24, 2.45) is 28.6 Å². The number of aliphatic hydroxyl groups is 1. The molecule has 0 saturated heterocycles. The summed E-state index contributed by atoms with van der Waals surface area (Å²) in [7, 11) is 0. The van der Waals surface area contributed by atoms with Gasteiger partial charge in [-0.1, -0.05) is 37.6 Å². The van der Waals surface area contributed by atoms with E-state index in [4.69, 9.17) is 0 Å². The highest BCUT2D eigenvalue weighted by Crippen LogP contribution is 2.65. The van der Waals surface area contributed by atoms with Crippen LogP contribution in [-0.4, -0.2) is 11.2 Å². The zero-order chi connectivity index (χ0) is 14.8. The van der Waals surface area contributed by atoms with Crippen LogP contribution in [0.4, 0.5) is 0 Å². The molecule has 4 aliphatic rings. The van der Waals surface area contributed by atoms with Crippen molar-refractivity contribution in [3.8, 4) is 0 Å². The van der Waals surface area contributed by atoms with Crippen LogP contribution in [0.1, 0.15) is 65.2 Å². The van der Waals surface area contributed by atoms with Crippen LogP contribution in [0.25, 0.3) is 0 Å². The van der Waals surface area contributed by atoms with E-state index in [1.807, 2.05) is 0 Å². The van der Waals surface area contributed by atoms with Crippen LogP contribution in [0, 0.1) is 28.6 Å². The fraction of sp³-hybridized carbons (Fsp3) is 0.800. The molecule has 0 aromatic rings. The van der Waals surface area contributed by atoms with Crippen molar-refractivity contribution in [1.82, 2.24) is 0 Å². The Labute approximate surface area is 129 Å². The van der Waals surface area contributed by atoms with Gasteiger partial charge in [0, 0.05) is 0 Å². The summed E-state index contributed by atoms with van der Waals surface area (Å²) in [5, 5.41) is 10.0. The smallest absolute Gasteiger partial charge is 0.0577 e. The second kappa shape index (κ2) is 4.47. The molecule has 0 aromatic heterocycles. The Morgan fingerprint density at radius 2 is 1.81 bits per heavy atom. The van der Waals surface area contributed by atoms with Crippen molar-refractivity contribution in [3.63, 3.8) is 0 Å². The van der Waals surface area contributed by atoms with E-state index < -0.39 is 0 Å². The Bertz CT molecular complexity index is 504. The Morgan fingerprint density at radius 3 is 2.62 bits per heavy atom. The monoisotopic (exact) mass is 286 g/mol. The van der Waals surface area contributed by atoms with Gasteiger partial charge in [-0.25, -0.2) is 0 Å². The van der Waals surface area contributed by atoms with E-state index >= 15 is 0 Å². The van der Waals surface area contributed by atoms with Gasteiger partial charge in [-0.2, -0.15) is 0 Å². The van der Waals surface area contributed by atoms with Gasteiger partial charge in [0.2, 0.25) is 0 Å². The second-order valence-electron chi connectivity index (χ2n) is 8.75. The fourth-order valence-corrected chi connectivity index (χ4v) is 6.55. The van der Waals surface area contributed by atoms with Gasteiger partial charge in [0.25, 0.3) is 0 Å². The van der Waals surface area contributed by atoms with Crippen LogP contribution in [0.15, 0.2) is 23.8 Å². The standard InChI is InChI=1S/C20H30O/c1-13-4-7-17-16-6-5-14-12-15(21)8-10-20(14,3)18(16)9-11-19(13,17)2/h5,15-18,21H,1,4,6-12H2,2-3H3/t15-,16-,17+,18+,19+,20-/m0/s1. The molecular formula is C20H30O. The SMILES string of the molecule is C=C1CC[C@@H]2[C@@H]3CC=C4C[C@@H](O)CC[C@]4(C)[C@@H]3CC[C@]12C. The minimum absolute atomic E-state index is 0.0824. The molecule has 3 saturated carbocycles. The molecule has 3 fully saturated rings. The largest absolute Gasteiger partial charge is 0.393 e. The van der Waals surface area contributed by atoms with E-state index in [1.165, 1.54) is 44.1 Å². The molecule has 0 aliphatic heterocycles. The first-order valence-electron chi connectivity index (χ1n) is 9.01. The quantitative estimate of drug-likeness (QED) is 0.630. The van der Waals surface area contributed by atoms with Crippen LogP contribution < -0.4 is 0 Å². The van der Waals surface area contributed by atoms with E-state index in [0.29, 0.717) is 10.8 Å². The van der Waals surface area contributed by atoms with Crippen LogP contribution in [-0.2, 0) is 0 Å². The second-order valence-corrected chi connectivity index (χ2v) is 8.75. The average molecular weight is 286 g/mol. The van der Waals surface area contributed by atoms with Gasteiger partial charge in [-0.3, -0.25) is 0 Å². The molecule has 0 spiro atoms. The topological polar surface area (TPSA) is 20.2 Å². The van der Waals surface area contributed by atoms with Gasteiger partial charge in [0.1, 0.15) is 0 Å². The van der Waals surface area contributed by atoms with E-state index in [9.17, 15) is 5.11 Å². The van der Waals surface area contributed by atoms with Gasteiger partial charge >= 0.3 is 0 Å². The van der Waals surface area contributed by atoms with Crippen LogP contribution in [0.3, 0.4) is 0 Å². The van der Waals surface area contributed by atoms with Gasteiger partial charge < -0.3 is 5.11 Å². The van der Waals surface area contributed by atoms with E-state index in [-0.39, 0.29) is 6.10 Å². The molecular weight excluding hydrogens is 256 g/mol. The molecule has 4 rings (SSSR count). The van der Waals surface area contributed by atoms with E-state index in [0.717, 1.165) is 30.6 Å². The lowest BCUT2D eigenvalue weighted by Gasteiger charge is -2.57. The third-order valence-corrected chi connectivity index (χ3v) is 8.03. The summed E-state index contributed by atoms with van der Waals surface area (Å²) in [6, 6.07) is 0. The van der Waals surface area contributed by atoms with Gasteiger partial charge in [-0.15, -0.1) is 0 Å². The third kappa shape index (κ3) is 1.79. The highest BCUT2D eigenvalue weighted by molar-refractivity contribution is 5.28. The lowest BCUT2D eigenvalue weighted by Crippen LogP contribution is -2.49. The molecule has 0 unspecified atom stereocenters. The molecule has 6 atom stereocenters. The van der Waals surface area contributed by atoms with Crippen molar-refractivity contribution in [1.29, 1.82) is 0 Å². The molecule has 1 N–H and O–H groups in total. The number of fused-ring (bicyclic) bond motifs is 5. The first kappa shape index (κ1) is 14.1. The van der Waals surface area contributed by atoms with Crippen molar-refractivity contribution in [3.05, 3.63) is 23.8 Å². The van der Waals surface area contributed by atoms with Gasteiger partial charge in [0.15, 0.2) is 0 Å². The molecule has 0 aromatic carbocycles. The minimum Gasteiger partial charge on any atom is -0.393 e. The van der Waals surface area contributed by atoms with Crippen molar-refractivity contribution in [2.45, 2.75) is 71.3 Å². The first-order valence-corrected chi connectivity index (χ1v) is 9.01. The molecule has 1 nitrogen and oxygen atoms in total. The summed E-state index contributed by atoms with van der Waals surface area (Å²) >= 11 is 0. The van der Waals surface area contributed by atoms with Crippen molar-refractivity contribution >= 4 is 0 Å². The molecule has 0 amide bonds.